The fourth-order valence-corrected chi connectivity index (χ4v) is 5.12. The number of nitrogens with zero attached hydrogens (tertiary/aromatic N) is 1. The lowest BCUT2D eigenvalue weighted by Crippen LogP contribution is -2.63. The number of nitrogens with two attached hydrogens (primary N) is 1. The summed E-state index contributed by atoms with van der Waals surface area (Å²) in [6, 6.07) is 0.778. The molecule has 0 aromatic rings. The summed E-state index contributed by atoms with van der Waals surface area (Å²) in [6.45, 7) is 9.37. The van der Waals surface area contributed by atoms with Crippen LogP contribution in [-0.2, 0) is 0 Å². The van der Waals surface area contributed by atoms with Crippen molar-refractivity contribution in [3.05, 3.63) is 0 Å². The van der Waals surface area contributed by atoms with E-state index in [1.807, 2.05) is 0 Å². The summed E-state index contributed by atoms with van der Waals surface area (Å²) in [4.78, 5) is 2.89. The lowest BCUT2D eigenvalue weighted by atomic mass is 9.66. The molecule has 118 valence electrons. The molecule has 0 spiro atoms. The molecule has 0 bridgehead atoms. The zero-order chi connectivity index (χ0) is 14.6. The quantitative estimate of drug-likeness (QED) is 0.837. The summed E-state index contributed by atoms with van der Waals surface area (Å²) < 4.78 is 0. The van der Waals surface area contributed by atoms with Gasteiger partial charge in [-0.05, 0) is 50.5 Å². The molecule has 2 N–H and O–H groups in total. The highest BCUT2D eigenvalue weighted by Gasteiger charge is 2.47. The Morgan fingerprint density at radius 2 is 1.85 bits per heavy atom. The van der Waals surface area contributed by atoms with Gasteiger partial charge in [0.2, 0.25) is 0 Å². The van der Waals surface area contributed by atoms with Gasteiger partial charge in [0.15, 0.2) is 0 Å². The van der Waals surface area contributed by atoms with E-state index in [2.05, 4.69) is 25.7 Å². The van der Waals surface area contributed by atoms with Gasteiger partial charge in [0, 0.05) is 18.1 Å². The third-order valence-corrected chi connectivity index (χ3v) is 6.14. The van der Waals surface area contributed by atoms with E-state index in [9.17, 15) is 0 Å². The molecule has 1 aliphatic carbocycles. The van der Waals surface area contributed by atoms with E-state index in [4.69, 9.17) is 5.73 Å². The van der Waals surface area contributed by atoms with Crippen LogP contribution in [0.2, 0.25) is 0 Å². The Labute approximate surface area is 126 Å². The average Bonchev–Trinajstić information content (AvgIpc) is 2.72. The van der Waals surface area contributed by atoms with Crippen molar-refractivity contribution >= 4 is 0 Å². The van der Waals surface area contributed by atoms with Gasteiger partial charge in [-0.2, -0.15) is 0 Å². The molecule has 1 heterocycles. The van der Waals surface area contributed by atoms with Crippen molar-refractivity contribution in [3.63, 3.8) is 0 Å². The molecule has 20 heavy (non-hydrogen) atoms. The van der Waals surface area contributed by atoms with Crippen LogP contribution >= 0.6 is 0 Å². The van der Waals surface area contributed by atoms with Crippen LogP contribution in [0.3, 0.4) is 0 Å². The molecule has 3 atom stereocenters. The van der Waals surface area contributed by atoms with Crippen molar-refractivity contribution in [1.82, 2.24) is 4.90 Å². The van der Waals surface area contributed by atoms with Gasteiger partial charge in [-0.1, -0.05) is 46.5 Å². The first kappa shape index (κ1) is 16.3. The van der Waals surface area contributed by atoms with Crippen molar-refractivity contribution in [1.29, 1.82) is 0 Å². The molecule has 0 amide bonds. The predicted molar refractivity (Wildman–Crippen MR) is 87.8 cm³/mol. The second-order valence-corrected chi connectivity index (χ2v) is 7.51. The third kappa shape index (κ3) is 3.06. The number of hydrogen-bond acceptors (Lipinski definition) is 2. The van der Waals surface area contributed by atoms with Crippen molar-refractivity contribution in [2.45, 2.75) is 90.1 Å². The zero-order valence-corrected chi connectivity index (χ0v) is 14.0. The second kappa shape index (κ2) is 7.26. The fraction of sp³-hybridized carbons (Fsp3) is 1.00. The molecule has 1 saturated carbocycles. The van der Waals surface area contributed by atoms with Crippen LogP contribution in [0, 0.1) is 11.8 Å². The van der Waals surface area contributed by atoms with E-state index in [1.165, 1.54) is 64.3 Å². The van der Waals surface area contributed by atoms with Crippen LogP contribution in [0.25, 0.3) is 0 Å². The molecule has 0 aromatic carbocycles. The van der Waals surface area contributed by atoms with E-state index in [1.54, 1.807) is 0 Å². The Balaban J connectivity index is 2.29. The Morgan fingerprint density at radius 1 is 1.10 bits per heavy atom. The van der Waals surface area contributed by atoms with Crippen molar-refractivity contribution in [2.24, 2.45) is 17.6 Å². The molecule has 2 nitrogen and oxygen atoms in total. The van der Waals surface area contributed by atoms with E-state index in [0.717, 1.165) is 24.4 Å². The van der Waals surface area contributed by atoms with Gasteiger partial charge in [0.1, 0.15) is 0 Å². The fourth-order valence-electron chi connectivity index (χ4n) is 5.12. The lowest BCUT2D eigenvalue weighted by molar-refractivity contribution is -0.0404. The van der Waals surface area contributed by atoms with E-state index in [-0.39, 0.29) is 0 Å². The van der Waals surface area contributed by atoms with Gasteiger partial charge < -0.3 is 5.73 Å². The van der Waals surface area contributed by atoms with Crippen LogP contribution < -0.4 is 5.73 Å². The summed E-state index contributed by atoms with van der Waals surface area (Å²) in [7, 11) is 0. The molecular formula is C18H36N2. The number of likely N-dealkylation sites (tertiary alicyclic amines) is 1. The first-order valence-electron chi connectivity index (χ1n) is 9.12. The van der Waals surface area contributed by atoms with E-state index in [0.29, 0.717) is 5.54 Å². The van der Waals surface area contributed by atoms with E-state index < -0.39 is 0 Å². The normalized spacial score (nSPS) is 37.0. The Morgan fingerprint density at radius 3 is 2.50 bits per heavy atom. The highest BCUT2D eigenvalue weighted by molar-refractivity contribution is 5.03. The standard InChI is InChI=1S/C18H36N2/c1-4-16-10-6-5-9-13-20(16)18(14-19)12-8-7-11-17(18)15(2)3/h15-17H,4-14,19H2,1-3H3. The SMILES string of the molecule is CCC1CCCCCN1C1(CN)CCCCC1C(C)C. The molecule has 2 rings (SSSR count). The molecule has 2 heteroatoms. The van der Waals surface area contributed by atoms with Gasteiger partial charge in [0.25, 0.3) is 0 Å². The predicted octanol–water partition coefficient (Wildman–Crippen LogP) is 4.18. The highest BCUT2D eigenvalue weighted by Crippen LogP contribution is 2.44. The van der Waals surface area contributed by atoms with Gasteiger partial charge in [-0.25, -0.2) is 0 Å². The third-order valence-electron chi connectivity index (χ3n) is 6.14. The average molecular weight is 280 g/mol. The summed E-state index contributed by atoms with van der Waals surface area (Å²) in [5, 5.41) is 0. The Bertz CT molecular complexity index is 289. The maximum absolute atomic E-state index is 6.42. The molecule has 1 saturated heterocycles. The van der Waals surface area contributed by atoms with Crippen LogP contribution in [0.5, 0.6) is 0 Å². The van der Waals surface area contributed by atoms with Crippen LogP contribution in [0.15, 0.2) is 0 Å². The Hall–Kier alpha value is -0.0800. The minimum Gasteiger partial charge on any atom is -0.329 e. The Kier molecular flexibility index (Phi) is 5.92. The first-order chi connectivity index (χ1) is 9.65. The lowest BCUT2D eigenvalue weighted by Gasteiger charge is -2.55. The van der Waals surface area contributed by atoms with Gasteiger partial charge >= 0.3 is 0 Å². The van der Waals surface area contributed by atoms with Gasteiger partial charge in [-0.3, -0.25) is 4.90 Å². The van der Waals surface area contributed by atoms with Crippen LogP contribution in [0.1, 0.15) is 78.6 Å². The molecule has 3 unspecified atom stereocenters. The summed E-state index contributed by atoms with van der Waals surface area (Å²) in [5.74, 6) is 1.56. The van der Waals surface area contributed by atoms with Gasteiger partial charge in [0.05, 0.1) is 0 Å². The maximum Gasteiger partial charge on any atom is 0.0365 e. The number of hydrogen-bond donors (Lipinski definition) is 1. The largest absolute Gasteiger partial charge is 0.329 e. The number of rotatable bonds is 4. The first-order valence-corrected chi connectivity index (χ1v) is 9.12. The molecule has 0 aromatic heterocycles. The maximum atomic E-state index is 6.42. The zero-order valence-electron chi connectivity index (χ0n) is 14.0. The molecule has 2 aliphatic rings. The van der Waals surface area contributed by atoms with E-state index >= 15 is 0 Å². The summed E-state index contributed by atoms with van der Waals surface area (Å²) in [6.07, 6.45) is 12.4. The topological polar surface area (TPSA) is 29.3 Å². The molecular weight excluding hydrogens is 244 g/mol. The minimum atomic E-state index is 0.303. The van der Waals surface area contributed by atoms with Crippen LogP contribution in [0.4, 0.5) is 0 Å². The smallest absolute Gasteiger partial charge is 0.0365 e. The van der Waals surface area contributed by atoms with Crippen molar-refractivity contribution in [2.75, 3.05) is 13.1 Å². The highest BCUT2D eigenvalue weighted by atomic mass is 15.2. The molecule has 2 fully saturated rings. The van der Waals surface area contributed by atoms with Crippen molar-refractivity contribution in [3.8, 4) is 0 Å². The second-order valence-electron chi connectivity index (χ2n) is 7.51. The monoisotopic (exact) mass is 280 g/mol. The van der Waals surface area contributed by atoms with Gasteiger partial charge in [-0.15, -0.1) is 0 Å². The van der Waals surface area contributed by atoms with Crippen LogP contribution in [-0.4, -0.2) is 29.6 Å². The molecule has 1 aliphatic heterocycles. The van der Waals surface area contributed by atoms with Crippen molar-refractivity contribution < 1.29 is 0 Å². The summed E-state index contributed by atoms with van der Waals surface area (Å²) >= 11 is 0. The molecule has 0 radical (unpaired) electrons. The minimum absolute atomic E-state index is 0.303. The summed E-state index contributed by atoms with van der Waals surface area (Å²) in [5.41, 5.74) is 6.73.